The van der Waals surface area contributed by atoms with Crippen molar-refractivity contribution in [2.24, 2.45) is 5.92 Å². The number of fused-ring (bicyclic) bond motifs is 5. The SMILES string of the molecule is CC1(C)C2=C3C(CC=C2)C(C)(C)c2cc(-c4ccccc4-c4cccc5ccccc45)ccc2N3c2ccccc21. The molecule has 0 bridgehead atoms. The van der Waals surface area contributed by atoms with Crippen molar-refractivity contribution in [1.82, 2.24) is 0 Å². The van der Waals surface area contributed by atoms with E-state index in [2.05, 4.69) is 154 Å². The lowest BCUT2D eigenvalue weighted by Gasteiger charge is -2.54. The van der Waals surface area contributed by atoms with Gasteiger partial charge in [-0.25, -0.2) is 0 Å². The topological polar surface area (TPSA) is 3.24 Å². The molecule has 0 saturated carbocycles. The lowest BCUT2D eigenvalue weighted by atomic mass is 9.60. The monoisotopic (exact) mass is 529 g/mol. The quantitative estimate of drug-likeness (QED) is 0.220. The molecule has 1 atom stereocenters. The van der Waals surface area contributed by atoms with Gasteiger partial charge in [-0.2, -0.15) is 0 Å². The van der Waals surface area contributed by atoms with Crippen molar-refractivity contribution in [3.63, 3.8) is 0 Å². The maximum Gasteiger partial charge on any atom is 0.0499 e. The molecule has 0 aromatic heterocycles. The first-order valence-electron chi connectivity index (χ1n) is 14.9. The zero-order valence-electron chi connectivity index (χ0n) is 24.3. The van der Waals surface area contributed by atoms with E-state index in [9.17, 15) is 0 Å². The Morgan fingerprint density at radius 2 is 1.32 bits per heavy atom. The highest BCUT2D eigenvalue weighted by molar-refractivity contribution is 6.00. The van der Waals surface area contributed by atoms with Gasteiger partial charge >= 0.3 is 0 Å². The van der Waals surface area contributed by atoms with E-state index in [0.29, 0.717) is 5.92 Å². The summed E-state index contributed by atoms with van der Waals surface area (Å²) in [5, 5.41) is 2.57. The summed E-state index contributed by atoms with van der Waals surface area (Å²) in [4.78, 5) is 2.60. The number of hydrogen-bond acceptors (Lipinski definition) is 1. The van der Waals surface area contributed by atoms with Crippen LogP contribution in [0.1, 0.15) is 45.2 Å². The van der Waals surface area contributed by atoms with Crippen LogP contribution in [-0.4, -0.2) is 0 Å². The van der Waals surface area contributed by atoms with Crippen LogP contribution >= 0.6 is 0 Å². The molecule has 1 nitrogen and oxygen atoms in total. The zero-order valence-corrected chi connectivity index (χ0v) is 24.3. The van der Waals surface area contributed by atoms with Gasteiger partial charge in [0.15, 0.2) is 0 Å². The predicted octanol–water partition coefficient (Wildman–Crippen LogP) is 10.7. The van der Waals surface area contributed by atoms with Crippen molar-refractivity contribution >= 4 is 22.1 Å². The Labute approximate surface area is 243 Å². The van der Waals surface area contributed by atoms with Gasteiger partial charge in [-0.1, -0.05) is 131 Å². The van der Waals surface area contributed by atoms with Gasteiger partial charge in [0.1, 0.15) is 0 Å². The third kappa shape index (κ3) is 3.36. The average Bonchev–Trinajstić information content (AvgIpc) is 3.00. The van der Waals surface area contributed by atoms with E-state index >= 15 is 0 Å². The third-order valence-electron chi connectivity index (χ3n) is 10.1. The molecule has 0 N–H and O–H groups in total. The van der Waals surface area contributed by atoms with Gasteiger partial charge in [-0.05, 0) is 74.3 Å². The number of anilines is 2. The Kier molecular flexibility index (Phi) is 5.11. The van der Waals surface area contributed by atoms with E-state index in [1.165, 1.54) is 66.8 Å². The molecule has 3 aliphatic rings. The van der Waals surface area contributed by atoms with Crippen LogP contribution in [0.5, 0.6) is 0 Å². The average molecular weight is 530 g/mol. The molecule has 1 unspecified atom stereocenters. The molecule has 2 aliphatic heterocycles. The minimum absolute atomic E-state index is 0.00998. The lowest BCUT2D eigenvalue weighted by Crippen LogP contribution is -2.47. The molecule has 5 aromatic carbocycles. The highest BCUT2D eigenvalue weighted by atomic mass is 15.2. The molecular formula is C40H35N. The second-order valence-corrected chi connectivity index (χ2v) is 13.0. The molecule has 0 saturated heterocycles. The summed E-state index contributed by atoms with van der Waals surface area (Å²) in [6.07, 6.45) is 5.89. The van der Waals surface area contributed by atoms with Crippen LogP contribution in [0.2, 0.25) is 0 Å². The first-order chi connectivity index (χ1) is 19.9. The highest BCUT2D eigenvalue weighted by Gasteiger charge is 2.50. The number of allylic oxidation sites excluding steroid dienone is 4. The van der Waals surface area contributed by atoms with Gasteiger partial charge in [0.05, 0.1) is 0 Å². The first-order valence-corrected chi connectivity index (χ1v) is 14.9. The number of para-hydroxylation sites is 1. The minimum atomic E-state index is -0.0253. The molecule has 0 radical (unpaired) electrons. The maximum absolute atomic E-state index is 2.60. The maximum atomic E-state index is 2.60. The van der Waals surface area contributed by atoms with E-state index in [1.54, 1.807) is 0 Å². The Morgan fingerprint density at radius 3 is 2.20 bits per heavy atom. The van der Waals surface area contributed by atoms with Gasteiger partial charge in [-0.3, -0.25) is 0 Å². The van der Waals surface area contributed by atoms with Crippen LogP contribution in [0.25, 0.3) is 33.0 Å². The zero-order chi connectivity index (χ0) is 27.9. The standard InChI is InChI=1S/C40H35N/c1-39(2)32-19-9-10-22-36(32)41-37-24-23-27(25-35(37)40(3,4)34-21-12-20-33(39)38(34)41)29-16-7-8-17-30(29)31-18-11-14-26-13-5-6-15-28(26)31/h5-20,22-25,34H,21H2,1-4H3. The number of hydrogen-bond donors (Lipinski definition) is 0. The molecule has 0 amide bonds. The van der Waals surface area contributed by atoms with Crippen molar-refractivity contribution in [3.05, 3.63) is 144 Å². The van der Waals surface area contributed by atoms with E-state index in [-0.39, 0.29) is 10.8 Å². The van der Waals surface area contributed by atoms with Crippen LogP contribution in [-0.2, 0) is 10.8 Å². The van der Waals surface area contributed by atoms with Crippen LogP contribution in [0.15, 0.2) is 133 Å². The smallest absolute Gasteiger partial charge is 0.0499 e. The molecule has 2 heterocycles. The molecular weight excluding hydrogens is 494 g/mol. The fourth-order valence-corrected chi connectivity index (χ4v) is 7.91. The number of benzene rings is 5. The third-order valence-corrected chi connectivity index (χ3v) is 10.1. The summed E-state index contributed by atoms with van der Waals surface area (Å²) >= 11 is 0. The second-order valence-electron chi connectivity index (χ2n) is 13.0. The summed E-state index contributed by atoms with van der Waals surface area (Å²) in [6.45, 7) is 9.72. The van der Waals surface area contributed by atoms with Crippen molar-refractivity contribution < 1.29 is 0 Å². The molecule has 5 aromatic rings. The van der Waals surface area contributed by atoms with E-state index in [4.69, 9.17) is 0 Å². The Balaban J connectivity index is 1.36. The Hall–Kier alpha value is -4.36. The van der Waals surface area contributed by atoms with Crippen LogP contribution < -0.4 is 4.90 Å². The normalized spacial score (nSPS) is 19.5. The van der Waals surface area contributed by atoms with Gasteiger partial charge in [0.2, 0.25) is 0 Å². The molecule has 200 valence electrons. The van der Waals surface area contributed by atoms with Gasteiger partial charge in [0.25, 0.3) is 0 Å². The van der Waals surface area contributed by atoms with Crippen molar-refractivity contribution in [2.75, 3.05) is 4.90 Å². The van der Waals surface area contributed by atoms with Crippen molar-refractivity contribution in [2.45, 2.75) is 44.9 Å². The molecule has 1 aliphatic carbocycles. The lowest BCUT2D eigenvalue weighted by molar-refractivity contribution is 0.339. The molecule has 8 rings (SSSR count). The largest absolute Gasteiger partial charge is 0.313 e. The number of nitrogens with zero attached hydrogens (tertiary/aromatic N) is 1. The van der Waals surface area contributed by atoms with Crippen LogP contribution in [0.4, 0.5) is 11.4 Å². The van der Waals surface area contributed by atoms with Gasteiger partial charge in [0, 0.05) is 33.8 Å². The fourth-order valence-electron chi connectivity index (χ4n) is 7.91. The molecule has 0 spiro atoms. The molecule has 0 fully saturated rings. The van der Waals surface area contributed by atoms with Gasteiger partial charge < -0.3 is 4.90 Å². The fraction of sp³-hybridized carbons (Fsp3) is 0.200. The summed E-state index contributed by atoms with van der Waals surface area (Å²) < 4.78 is 0. The van der Waals surface area contributed by atoms with E-state index < -0.39 is 0 Å². The Morgan fingerprint density at radius 1 is 0.634 bits per heavy atom. The number of rotatable bonds is 2. The minimum Gasteiger partial charge on any atom is -0.313 e. The summed E-state index contributed by atoms with van der Waals surface area (Å²) in [5.74, 6) is 0.422. The van der Waals surface area contributed by atoms with E-state index in [1.807, 2.05) is 0 Å². The summed E-state index contributed by atoms with van der Waals surface area (Å²) in [7, 11) is 0. The Bertz CT molecular complexity index is 1930. The highest BCUT2D eigenvalue weighted by Crippen LogP contribution is 2.60. The predicted molar refractivity (Wildman–Crippen MR) is 174 cm³/mol. The van der Waals surface area contributed by atoms with E-state index in [0.717, 1.165) is 6.42 Å². The van der Waals surface area contributed by atoms with Gasteiger partial charge in [-0.15, -0.1) is 0 Å². The molecule has 41 heavy (non-hydrogen) atoms. The van der Waals surface area contributed by atoms with Crippen LogP contribution in [0.3, 0.4) is 0 Å². The molecule has 1 heteroatoms. The van der Waals surface area contributed by atoms with Crippen molar-refractivity contribution in [1.29, 1.82) is 0 Å². The first kappa shape index (κ1) is 24.4. The second kappa shape index (κ2) is 8.57. The summed E-state index contributed by atoms with van der Waals surface area (Å²) in [5.41, 5.74) is 13.6. The van der Waals surface area contributed by atoms with Crippen molar-refractivity contribution in [3.8, 4) is 22.3 Å². The van der Waals surface area contributed by atoms with Crippen LogP contribution in [0, 0.1) is 5.92 Å². The summed E-state index contributed by atoms with van der Waals surface area (Å²) in [6, 6.07) is 40.6.